The van der Waals surface area contributed by atoms with Gasteiger partial charge in [0.05, 0.1) is 0 Å². The summed E-state index contributed by atoms with van der Waals surface area (Å²) in [4.78, 5) is 4.40. The first kappa shape index (κ1) is 16.5. The van der Waals surface area contributed by atoms with Gasteiger partial charge in [-0.2, -0.15) is 0 Å². The molecule has 1 saturated carbocycles. The van der Waals surface area contributed by atoms with Gasteiger partial charge in [0.1, 0.15) is 12.4 Å². The van der Waals surface area contributed by atoms with E-state index >= 15 is 0 Å². The van der Waals surface area contributed by atoms with Crippen LogP contribution in [0.3, 0.4) is 0 Å². The minimum absolute atomic E-state index is 0. The lowest BCUT2D eigenvalue weighted by Gasteiger charge is -2.25. The fourth-order valence-electron chi connectivity index (χ4n) is 2.82. The number of hydrogen-bond acceptors (Lipinski definition) is 3. The number of aromatic nitrogens is 3. The van der Waals surface area contributed by atoms with Crippen LogP contribution in [0.25, 0.3) is 0 Å². The summed E-state index contributed by atoms with van der Waals surface area (Å²) in [6.45, 7) is 2.49. The molecule has 2 aliphatic rings. The molecule has 1 aliphatic carbocycles. The largest absolute Gasteiger partial charge is 0.370 e. The Hall–Kier alpha value is -0.860. The molecule has 1 aliphatic heterocycles. The van der Waals surface area contributed by atoms with Gasteiger partial charge in [0.25, 0.3) is 0 Å². The topological polar surface area (TPSA) is 81.1 Å². The number of hydrogen-bond donors (Lipinski definition) is 2. The third-order valence-electron chi connectivity index (χ3n) is 4.37. The molecule has 0 unspecified atom stereocenters. The van der Waals surface area contributed by atoms with Crippen molar-refractivity contribution in [2.45, 2.75) is 58.0 Å². The van der Waals surface area contributed by atoms with Gasteiger partial charge < -0.3 is 15.6 Å². The van der Waals surface area contributed by atoms with E-state index in [4.69, 9.17) is 5.73 Å². The van der Waals surface area contributed by atoms with E-state index < -0.39 is 0 Å². The van der Waals surface area contributed by atoms with Gasteiger partial charge in [-0.25, -0.2) is 4.99 Å². The van der Waals surface area contributed by atoms with Crippen LogP contribution in [0.4, 0.5) is 0 Å². The van der Waals surface area contributed by atoms with Crippen molar-refractivity contribution in [2.75, 3.05) is 6.54 Å². The van der Waals surface area contributed by atoms with E-state index in [-0.39, 0.29) is 24.0 Å². The van der Waals surface area contributed by atoms with Crippen LogP contribution < -0.4 is 11.1 Å². The van der Waals surface area contributed by atoms with Gasteiger partial charge in [-0.3, -0.25) is 0 Å². The average molecular weight is 404 g/mol. The number of rotatable bonds is 4. The highest BCUT2D eigenvalue weighted by atomic mass is 127. The molecule has 0 spiro atoms. The second kappa shape index (κ2) is 7.95. The molecule has 7 heteroatoms. The number of halogens is 1. The van der Waals surface area contributed by atoms with E-state index in [1.807, 2.05) is 0 Å². The fraction of sp³-hybridized carbons (Fsp3) is 0.786. The first-order chi connectivity index (χ1) is 9.83. The van der Waals surface area contributed by atoms with E-state index in [1.54, 1.807) is 0 Å². The highest BCUT2D eigenvalue weighted by molar-refractivity contribution is 14.0. The molecular formula is C14H25IN6. The number of nitrogens with two attached hydrogens (primary N) is 1. The highest BCUT2D eigenvalue weighted by Gasteiger charge is 2.17. The Balaban J connectivity index is 0.00000161. The average Bonchev–Trinajstić information content (AvgIpc) is 2.62. The minimum Gasteiger partial charge on any atom is -0.370 e. The van der Waals surface area contributed by atoms with Crippen LogP contribution in [0.1, 0.15) is 50.2 Å². The van der Waals surface area contributed by atoms with Gasteiger partial charge in [-0.15, -0.1) is 34.2 Å². The van der Waals surface area contributed by atoms with Crippen molar-refractivity contribution in [1.82, 2.24) is 20.1 Å². The fourth-order valence-corrected chi connectivity index (χ4v) is 2.82. The van der Waals surface area contributed by atoms with Crippen LogP contribution in [-0.2, 0) is 19.5 Å². The molecular weight excluding hydrogens is 379 g/mol. The Morgan fingerprint density at radius 2 is 2.10 bits per heavy atom. The second-order valence-corrected chi connectivity index (χ2v) is 5.87. The molecule has 0 atom stereocenters. The Kier molecular flexibility index (Phi) is 6.25. The van der Waals surface area contributed by atoms with Gasteiger partial charge in [0, 0.05) is 19.5 Å². The molecule has 0 saturated heterocycles. The zero-order chi connectivity index (χ0) is 13.8. The summed E-state index contributed by atoms with van der Waals surface area (Å²) in [6.07, 6.45) is 8.72. The molecule has 0 radical (unpaired) electrons. The molecule has 0 aromatic carbocycles. The number of nitrogens with zero attached hydrogens (tertiary/aromatic N) is 4. The highest BCUT2D eigenvalue weighted by Crippen LogP contribution is 2.25. The van der Waals surface area contributed by atoms with Crippen molar-refractivity contribution in [2.24, 2.45) is 16.6 Å². The molecule has 1 fully saturated rings. The van der Waals surface area contributed by atoms with Gasteiger partial charge >= 0.3 is 0 Å². The summed E-state index contributed by atoms with van der Waals surface area (Å²) in [6, 6.07) is 0. The summed E-state index contributed by atoms with van der Waals surface area (Å²) < 4.78 is 2.22. The molecule has 3 N–H and O–H groups in total. The van der Waals surface area contributed by atoms with Gasteiger partial charge in [-0.05, 0) is 31.6 Å². The lowest BCUT2D eigenvalue weighted by Crippen LogP contribution is -2.37. The number of aryl methyl sites for hydroxylation is 1. The Morgan fingerprint density at radius 1 is 1.24 bits per heavy atom. The zero-order valence-corrected chi connectivity index (χ0v) is 14.8. The standard InChI is InChI=1S/C14H24N6.HI/c15-14(16-9-11-5-4-6-11)17-10-13-19-18-12-7-2-1-3-8-20(12)13;/h11H,1-10H2,(H3,15,16,17);1H. The summed E-state index contributed by atoms with van der Waals surface area (Å²) in [5.74, 6) is 3.36. The van der Waals surface area contributed by atoms with Crippen molar-refractivity contribution in [3.63, 3.8) is 0 Å². The molecule has 118 valence electrons. The van der Waals surface area contributed by atoms with Crippen LogP contribution in [0.5, 0.6) is 0 Å². The van der Waals surface area contributed by atoms with Crippen molar-refractivity contribution >= 4 is 29.9 Å². The lowest BCUT2D eigenvalue weighted by molar-refractivity contribution is 0.315. The van der Waals surface area contributed by atoms with Crippen LogP contribution in [0, 0.1) is 5.92 Å². The predicted octanol–water partition coefficient (Wildman–Crippen LogP) is 1.83. The Morgan fingerprint density at radius 3 is 2.86 bits per heavy atom. The van der Waals surface area contributed by atoms with Crippen molar-refractivity contribution < 1.29 is 0 Å². The zero-order valence-electron chi connectivity index (χ0n) is 12.4. The first-order valence-corrected chi connectivity index (χ1v) is 7.77. The van der Waals surface area contributed by atoms with Crippen LogP contribution in [0.15, 0.2) is 4.99 Å². The lowest BCUT2D eigenvalue weighted by atomic mass is 9.85. The molecule has 1 aromatic rings. The van der Waals surface area contributed by atoms with Crippen LogP contribution in [-0.4, -0.2) is 27.3 Å². The van der Waals surface area contributed by atoms with E-state index in [0.717, 1.165) is 37.1 Å². The second-order valence-electron chi connectivity index (χ2n) is 5.87. The third kappa shape index (κ3) is 4.31. The summed E-state index contributed by atoms with van der Waals surface area (Å²) >= 11 is 0. The number of fused-ring (bicyclic) bond motifs is 1. The monoisotopic (exact) mass is 404 g/mol. The maximum Gasteiger partial charge on any atom is 0.189 e. The van der Waals surface area contributed by atoms with Gasteiger partial charge in [0.15, 0.2) is 11.8 Å². The van der Waals surface area contributed by atoms with Crippen LogP contribution in [0.2, 0.25) is 0 Å². The third-order valence-corrected chi connectivity index (χ3v) is 4.37. The van der Waals surface area contributed by atoms with E-state index in [9.17, 15) is 0 Å². The minimum atomic E-state index is 0. The Bertz CT molecular complexity index is 480. The van der Waals surface area contributed by atoms with Crippen LogP contribution >= 0.6 is 24.0 Å². The first-order valence-electron chi connectivity index (χ1n) is 7.77. The quantitative estimate of drug-likeness (QED) is 0.456. The summed E-state index contributed by atoms with van der Waals surface area (Å²) in [7, 11) is 0. The molecule has 0 amide bonds. The SMILES string of the molecule is I.NC(=NCc1nnc2n1CCCCC2)NCC1CCC1. The van der Waals surface area contributed by atoms with Crippen molar-refractivity contribution in [3.8, 4) is 0 Å². The smallest absolute Gasteiger partial charge is 0.189 e. The predicted molar refractivity (Wildman–Crippen MR) is 93.7 cm³/mol. The van der Waals surface area contributed by atoms with Gasteiger partial charge in [0.2, 0.25) is 0 Å². The molecule has 0 bridgehead atoms. The Labute approximate surface area is 143 Å². The summed E-state index contributed by atoms with van der Waals surface area (Å²) in [5, 5.41) is 11.7. The van der Waals surface area contributed by atoms with E-state index in [2.05, 4.69) is 25.1 Å². The normalized spacial score (nSPS) is 19.1. The molecule has 2 heterocycles. The molecule has 21 heavy (non-hydrogen) atoms. The molecule has 3 rings (SSSR count). The molecule has 1 aromatic heterocycles. The molecule has 6 nitrogen and oxygen atoms in total. The van der Waals surface area contributed by atoms with E-state index in [1.165, 1.54) is 38.5 Å². The van der Waals surface area contributed by atoms with Gasteiger partial charge in [-0.1, -0.05) is 12.8 Å². The van der Waals surface area contributed by atoms with Crippen molar-refractivity contribution in [1.29, 1.82) is 0 Å². The number of nitrogens with one attached hydrogen (secondary N) is 1. The number of aliphatic imine (C=N–C) groups is 1. The maximum absolute atomic E-state index is 5.91. The number of guanidine groups is 1. The summed E-state index contributed by atoms with van der Waals surface area (Å²) in [5.41, 5.74) is 5.91. The maximum atomic E-state index is 5.91. The van der Waals surface area contributed by atoms with Crippen molar-refractivity contribution in [3.05, 3.63) is 11.6 Å². The van der Waals surface area contributed by atoms with E-state index in [0.29, 0.717) is 12.5 Å².